The van der Waals surface area contributed by atoms with Crippen molar-refractivity contribution in [2.75, 3.05) is 13.1 Å². The number of amides is 1. The number of aromatic amines is 1. The summed E-state index contributed by atoms with van der Waals surface area (Å²) in [6.07, 6.45) is 0.489. The number of carbonyl (C=O) groups excluding carboxylic acids is 1. The van der Waals surface area contributed by atoms with Crippen LogP contribution in [0.1, 0.15) is 34.6 Å². The maximum atomic E-state index is 12.6. The highest BCUT2D eigenvalue weighted by molar-refractivity contribution is 5.79. The van der Waals surface area contributed by atoms with Crippen molar-refractivity contribution in [3.8, 4) is 0 Å². The minimum atomic E-state index is -1.03. The van der Waals surface area contributed by atoms with E-state index in [0.717, 1.165) is 11.1 Å². The van der Waals surface area contributed by atoms with E-state index in [1.54, 1.807) is 18.7 Å². The minimum Gasteiger partial charge on any atom is -0.383 e. The van der Waals surface area contributed by atoms with E-state index in [4.69, 9.17) is 0 Å². The van der Waals surface area contributed by atoms with Crippen molar-refractivity contribution in [3.05, 3.63) is 62.8 Å². The molecule has 1 aliphatic rings. The molecule has 1 fully saturated rings. The first kappa shape index (κ1) is 17.4. The van der Waals surface area contributed by atoms with Crippen LogP contribution in [0.15, 0.2) is 29.1 Å². The quantitative estimate of drug-likeness (QED) is 0.882. The Hall–Kier alpha value is -2.47. The number of rotatable bonds is 3. The fraction of sp³-hybridized carbons (Fsp3) is 0.421. The van der Waals surface area contributed by atoms with Crippen LogP contribution in [0.2, 0.25) is 0 Å². The molecule has 2 aromatic rings. The van der Waals surface area contributed by atoms with Gasteiger partial charge in [-0.2, -0.15) is 0 Å². The van der Waals surface area contributed by atoms with Crippen molar-refractivity contribution in [2.45, 2.75) is 39.2 Å². The number of nitrogens with zero attached hydrogens (tertiary/aromatic N) is 2. The maximum Gasteiger partial charge on any atom is 0.254 e. The molecule has 1 aromatic carbocycles. The summed E-state index contributed by atoms with van der Waals surface area (Å²) in [5, 5.41) is 11.0. The molecular formula is C19H23N3O3. The molecule has 0 bridgehead atoms. The first-order valence-electron chi connectivity index (χ1n) is 8.43. The van der Waals surface area contributed by atoms with Crippen molar-refractivity contribution in [1.29, 1.82) is 0 Å². The zero-order valence-electron chi connectivity index (χ0n) is 14.8. The Morgan fingerprint density at radius 3 is 2.72 bits per heavy atom. The fourth-order valence-corrected chi connectivity index (χ4v) is 3.54. The Morgan fingerprint density at radius 2 is 2.04 bits per heavy atom. The van der Waals surface area contributed by atoms with Crippen molar-refractivity contribution < 1.29 is 9.90 Å². The molecule has 1 saturated heterocycles. The second kappa shape index (κ2) is 6.44. The molecule has 6 nitrogen and oxygen atoms in total. The lowest BCUT2D eigenvalue weighted by molar-refractivity contribution is -0.130. The summed E-state index contributed by atoms with van der Waals surface area (Å²) in [6.45, 7) is 6.12. The molecule has 0 aliphatic carbocycles. The molecule has 132 valence electrons. The number of aliphatic hydroxyl groups is 1. The number of H-pyrrole nitrogens is 1. The van der Waals surface area contributed by atoms with Crippen LogP contribution in [0.5, 0.6) is 0 Å². The predicted octanol–water partition coefficient (Wildman–Crippen LogP) is 1.36. The lowest BCUT2D eigenvalue weighted by Crippen LogP contribution is -2.36. The molecule has 3 rings (SSSR count). The van der Waals surface area contributed by atoms with Crippen LogP contribution < -0.4 is 5.56 Å². The lowest BCUT2D eigenvalue weighted by atomic mass is 9.89. The fourth-order valence-electron chi connectivity index (χ4n) is 3.54. The van der Waals surface area contributed by atoms with E-state index in [1.165, 1.54) is 0 Å². The molecule has 6 heteroatoms. The standard InChI is InChI=1S/C19H23N3O3/c1-12-6-4-5-7-16(12)19(25)8-9-22(11-19)17(23)10-15-13(2)20-14(3)21-18(15)24/h4-7,25H,8-11H2,1-3H3,(H,20,21,24). The average molecular weight is 341 g/mol. The maximum absolute atomic E-state index is 12.6. The highest BCUT2D eigenvalue weighted by Gasteiger charge is 2.40. The van der Waals surface area contributed by atoms with Gasteiger partial charge in [-0.25, -0.2) is 4.98 Å². The molecule has 2 heterocycles. The highest BCUT2D eigenvalue weighted by atomic mass is 16.3. The van der Waals surface area contributed by atoms with Gasteiger partial charge in [-0.1, -0.05) is 24.3 Å². The van der Waals surface area contributed by atoms with E-state index >= 15 is 0 Å². The summed E-state index contributed by atoms with van der Waals surface area (Å²) < 4.78 is 0. The van der Waals surface area contributed by atoms with Gasteiger partial charge in [-0.05, 0) is 38.3 Å². The second-order valence-corrected chi connectivity index (χ2v) is 6.80. The smallest absolute Gasteiger partial charge is 0.254 e. The molecule has 0 saturated carbocycles. The zero-order chi connectivity index (χ0) is 18.2. The molecular weight excluding hydrogens is 318 g/mol. The van der Waals surface area contributed by atoms with Crippen LogP contribution >= 0.6 is 0 Å². The third-order valence-corrected chi connectivity index (χ3v) is 4.92. The van der Waals surface area contributed by atoms with Gasteiger partial charge in [0.25, 0.3) is 5.56 Å². The third kappa shape index (κ3) is 3.35. The third-order valence-electron chi connectivity index (χ3n) is 4.92. The van der Waals surface area contributed by atoms with E-state index in [2.05, 4.69) is 9.97 Å². The number of aryl methyl sites for hydroxylation is 3. The van der Waals surface area contributed by atoms with Gasteiger partial charge in [-0.15, -0.1) is 0 Å². The Kier molecular flexibility index (Phi) is 4.47. The molecule has 1 atom stereocenters. The summed E-state index contributed by atoms with van der Waals surface area (Å²) >= 11 is 0. The van der Waals surface area contributed by atoms with Gasteiger partial charge in [-0.3, -0.25) is 9.59 Å². The number of nitrogens with one attached hydrogen (secondary N) is 1. The van der Waals surface area contributed by atoms with Crippen LogP contribution in [0.3, 0.4) is 0 Å². The van der Waals surface area contributed by atoms with Gasteiger partial charge in [0, 0.05) is 17.8 Å². The molecule has 1 unspecified atom stereocenters. The van der Waals surface area contributed by atoms with E-state index in [0.29, 0.717) is 30.0 Å². The van der Waals surface area contributed by atoms with Crippen LogP contribution in [-0.2, 0) is 16.8 Å². The highest BCUT2D eigenvalue weighted by Crippen LogP contribution is 2.33. The Balaban J connectivity index is 1.78. The number of aromatic nitrogens is 2. The Bertz CT molecular complexity index is 874. The monoisotopic (exact) mass is 341 g/mol. The Labute approximate surface area is 146 Å². The molecule has 0 spiro atoms. The van der Waals surface area contributed by atoms with E-state index in [9.17, 15) is 14.7 Å². The summed E-state index contributed by atoms with van der Waals surface area (Å²) in [4.78, 5) is 33.2. The number of carbonyl (C=O) groups is 1. The van der Waals surface area contributed by atoms with Gasteiger partial charge in [0.1, 0.15) is 11.4 Å². The lowest BCUT2D eigenvalue weighted by Gasteiger charge is -2.25. The first-order valence-corrected chi connectivity index (χ1v) is 8.43. The van der Waals surface area contributed by atoms with Crippen molar-refractivity contribution in [3.63, 3.8) is 0 Å². The van der Waals surface area contributed by atoms with Crippen LogP contribution in [0, 0.1) is 20.8 Å². The van der Waals surface area contributed by atoms with E-state index in [-0.39, 0.29) is 24.4 Å². The molecule has 1 amide bonds. The first-order chi connectivity index (χ1) is 11.8. The zero-order valence-corrected chi connectivity index (χ0v) is 14.8. The summed E-state index contributed by atoms with van der Waals surface area (Å²) in [5.74, 6) is 0.373. The SMILES string of the molecule is Cc1nc(C)c(CC(=O)N2CCC(O)(c3ccccc3C)C2)c(=O)[nH]1. The topological polar surface area (TPSA) is 86.3 Å². The van der Waals surface area contributed by atoms with Gasteiger partial charge >= 0.3 is 0 Å². The summed E-state index contributed by atoms with van der Waals surface area (Å²) in [6, 6.07) is 7.69. The van der Waals surface area contributed by atoms with Crippen LogP contribution in [-0.4, -0.2) is 39.0 Å². The minimum absolute atomic E-state index is 0.00169. The number of β-amino-alcohol motifs (C(OH)–C–C–N with tert-alkyl or cyclic N) is 1. The molecule has 0 radical (unpaired) electrons. The van der Waals surface area contributed by atoms with E-state index in [1.807, 2.05) is 31.2 Å². The van der Waals surface area contributed by atoms with Gasteiger partial charge in [0.15, 0.2) is 0 Å². The summed E-state index contributed by atoms with van der Waals surface area (Å²) in [5.41, 5.74) is 1.52. The van der Waals surface area contributed by atoms with Crippen molar-refractivity contribution >= 4 is 5.91 Å². The average Bonchev–Trinajstić information content (AvgIpc) is 2.94. The predicted molar refractivity (Wildman–Crippen MR) is 94.3 cm³/mol. The molecule has 1 aliphatic heterocycles. The van der Waals surface area contributed by atoms with Crippen LogP contribution in [0.4, 0.5) is 0 Å². The normalized spacial score (nSPS) is 20.1. The van der Waals surface area contributed by atoms with Gasteiger partial charge in [0.2, 0.25) is 5.91 Å². The van der Waals surface area contributed by atoms with E-state index < -0.39 is 5.60 Å². The van der Waals surface area contributed by atoms with Crippen molar-refractivity contribution in [1.82, 2.24) is 14.9 Å². The summed E-state index contributed by atoms with van der Waals surface area (Å²) in [7, 11) is 0. The van der Waals surface area contributed by atoms with Gasteiger partial charge < -0.3 is 15.0 Å². The van der Waals surface area contributed by atoms with Gasteiger partial charge in [0.05, 0.1) is 13.0 Å². The number of likely N-dealkylation sites (tertiary alicyclic amines) is 1. The molecule has 2 N–H and O–H groups in total. The molecule has 1 aromatic heterocycles. The largest absolute Gasteiger partial charge is 0.383 e. The van der Waals surface area contributed by atoms with Crippen LogP contribution in [0.25, 0.3) is 0 Å². The van der Waals surface area contributed by atoms with Crippen molar-refractivity contribution in [2.24, 2.45) is 0 Å². The number of benzene rings is 1. The molecule has 25 heavy (non-hydrogen) atoms. The number of hydrogen-bond acceptors (Lipinski definition) is 4. The Morgan fingerprint density at radius 1 is 1.32 bits per heavy atom. The number of hydrogen-bond donors (Lipinski definition) is 2. The second-order valence-electron chi connectivity index (χ2n) is 6.80.